The first-order valence-corrected chi connectivity index (χ1v) is 20.9. The zero-order valence-electron chi connectivity index (χ0n) is 29.8. The molecule has 8 heteroatoms. The number of ether oxygens (including phenoxy) is 2. The standard InChI is InChI=1S/C27H44N3Si2.2C4H8O.Li/c1-21-15-14-16-22(2)25(21)30(32(9,10)11)31-28(19-26(3,4)5)23-17-12-13-18-24(23)29(31)20-27(6,7)8;2*1-2-4-5-3-1;/h12-18H,19-20H2,1-11H3;2*1-4H2;/q-1;;;+1. The molecule has 236 valence electrons. The largest absolute Gasteiger partial charge is 1.00 e. The summed E-state index contributed by atoms with van der Waals surface area (Å²) in [4.78, 5) is 0. The van der Waals surface area contributed by atoms with Crippen molar-refractivity contribution in [1.82, 2.24) is 0 Å². The number of nitrogens with zero attached hydrogens (tertiary/aromatic N) is 3. The van der Waals surface area contributed by atoms with Crippen molar-refractivity contribution in [2.45, 2.75) is 101 Å². The third-order valence-corrected chi connectivity index (χ3v) is 14.0. The van der Waals surface area contributed by atoms with Gasteiger partial charge in [-0.3, -0.25) is 0 Å². The number of anilines is 3. The summed E-state index contributed by atoms with van der Waals surface area (Å²) in [6.07, 6.45) is 5.11. The number of hydrogen-bond acceptors (Lipinski definition) is 5. The van der Waals surface area contributed by atoms with Crippen LogP contribution in [0.2, 0.25) is 19.6 Å². The van der Waals surface area contributed by atoms with E-state index in [1.165, 1.54) is 53.9 Å². The number of aryl methyl sites for hydroxylation is 2. The molecule has 5 rings (SSSR count). The SMILES string of the molecule is C1CCOC1.C1CCOC1.Cc1cccc(C)c1N([Si-]1N(CC(C)(C)C)c2ccccc2N1CC(C)(C)C)[Si](C)(C)C.[Li+]. The van der Waals surface area contributed by atoms with E-state index in [2.05, 4.69) is 131 Å². The van der Waals surface area contributed by atoms with Crippen molar-refractivity contribution in [2.24, 2.45) is 10.8 Å². The van der Waals surface area contributed by atoms with Crippen LogP contribution >= 0.6 is 0 Å². The molecule has 0 unspecified atom stereocenters. The van der Waals surface area contributed by atoms with Gasteiger partial charge in [-0.2, -0.15) is 0 Å². The number of fused-ring (bicyclic) bond motifs is 1. The third-order valence-electron chi connectivity index (χ3n) is 7.40. The molecular formula is C35H60LiN3O2Si2. The molecule has 0 spiro atoms. The van der Waals surface area contributed by atoms with E-state index in [4.69, 9.17) is 9.47 Å². The van der Waals surface area contributed by atoms with E-state index in [1.54, 1.807) is 0 Å². The summed E-state index contributed by atoms with van der Waals surface area (Å²) in [5.74, 6) is 0. The van der Waals surface area contributed by atoms with Crippen molar-refractivity contribution in [3.8, 4) is 0 Å². The molecule has 0 atom stereocenters. The Balaban J connectivity index is 0.000000492. The van der Waals surface area contributed by atoms with Crippen LogP contribution in [-0.2, 0) is 9.47 Å². The topological polar surface area (TPSA) is 28.2 Å². The molecule has 0 aliphatic carbocycles. The predicted octanol–water partition coefficient (Wildman–Crippen LogP) is 5.95. The van der Waals surface area contributed by atoms with Gasteiger partial charge in [0, 0.05) is 37.8 Å². The molecule has 0 aromatic heterocycles. The van der Waals surface area contributed by atoms with Crippen molar-refractivity contribution in [3.05, 3.63) is 53.6 Å². The fourth-order valence-corrected chi connectivity index (χ4v) is 13.2. The number of benzene rings is 2. The average Bonchev–Trinajstić information content (AvgIpc) is 3.66. The average molecular weight is 618 g/mol. The minimum absolute atomic E-state index is 0. The molecule has 2 saturated heterocycles. The Bertz CT molecular complexity index is 1030. The molecule has 0 N–H and O–H groups in total. The molecule has 3 aliphatic heterocycles. The van der Waals surface area contributed by atoms with E-state index < -0.39 is 17.5 Å². The van der Waals surface area contributed by atoms with Crippen molar-refractivity contribution in [1.29, 1.82) is 0 Å². The Kier molecular flexibility index (Phi) is 14.5. The molecule has 0 bridgehead atoms. The van der Waals surface area contributed by atoms with Crippen molar-refractivity contribution >= 4 is 34.6 Å². The van der Waals surface area contributed by atoms with Crippen LogP contribution in [0.25, 0.3) is 0 Å². The molecule has 0 amide bonds. The fraction of sp³-hybridized carbons (Fsp3) is 0.657. The van der Waals surface area contributed by atoms with Crippen molar-refractivity contribution in [3.63, 3.8) is 0 Å². The summed E-state index contributed by atoms with van der Waals surface area (Å²) in [7, 11) is -2.98. The first-order chi connectivity index (χ1) is 19.6. The summed E-state index contributed by atoms with van der Waals surface area (Å²) >= 11 is 0. The quantitative estimate of drug-likeness (QED) is 0.387. The molecule has 0 saturated carbocycles. The van der Waals surface area contributed by atoms with Gasteiger partial charge in [-0.15, -0.1) is 0 Å². The van der Waals surface area contributed by atoms with Crippen LogP contribution in [-0.4, -0.2) is 57.0 Å². The maximum absolute atomic E-state index is 4.94. The van der Waals surface area contributed by atoms with Crippen molar-refractivity contribution < 1.29 is 28.3 Å². The molecule has 5 nitrogen and oxygen atoms in total. The predicted molar refractivity (Wildman–Crippen MR) is 188 cm³/mol. The summed E-state index contributed by atoms with van der Waals surface area (Å²) in [6.45, 7) is 32.5. The number of para-hydroxylation sites is 3. The molecule has 0 radical (unpaired) electrons. The van der Waals surface area contributed by atoms with Crippen LogP contribution in [0.15, 0.2) is 42.5 Å². The van der Waals surface area contributed by atoms with Gasteiger partial charge in [-0.25, -0.2) is 0 Å². The fourth-order valence-electron chi connectivity index (χ4n) is 5.70. The molecule has 2 aromatic rings. The van der Waals surface area contributed by atoms with Crippen LogP contribution in [0.4, 0.5) is 17.1 Å². The normalized spacial score (nSPS) is 17.0. The smallest absolute Gasteiger partial charge is 0.537 e. The molecule has 3 aliphatic rings. The Labute approximate surface area is 279 Å². The van der Waals surface area contributed by atoms with Gasteiger partial charge in [-0.05, 0) is 92.4 Å². The third kappa shape index (κ3) is 11.3. The van der Waals surface area contributed by atoms with Gasteiger partial charge >= 0.3 is 18.9 Å². The minimum atomic E-state index is -1.73. The summed E-state index contributed by atoms with van der Waals surface area (Å²) < 4.78 is 18.4. The van der Waals surface area contributed by atoms with Gasteiger partial charge in [0.25, 0.3) is 0 Å². The molecule has 43 heavy (non-hydrogen) atoms. The Morgan fingerprint density at radius 2 is 1.05 bits per heavy atom. The van der Waals surface area contributed by atoms with Crippen LogP contribution in [0.1, 0.15) is 78.4 Å². The minimum Gasteiger partial charge on any atom is -0.537 e. The molecule has 2 fully saturated rings. The van der Waals surface area contributed by atoms with E-state index in [0.717, 1.165) is 39.5 Å². The molecule has 3 heterocycles. The maximum atomic E-state index is 4.94. The first-order valence-electron chi connectivity index (χ1n) is 16.1. The van der Waals surface area contributed by atoms with Gasteiger partial charge in [0.1, 0.15) is 8.24 Å². The van der Waals surface area contributed by atoms with E-state index in [9.17, 15) is 0 Å². The summed E-state index contributed by atoms with van der Waals surface area (Å²) in [5.41, 5.74) is 7.51. The number of rotatable bonds is 5. The summed E-state index contributed by atoms with van der Waals surface area (Å²) in [6, 6.07) is 15.9. The summed E-state index contributed by atoms with van der Waals surface area (Å²) in [5, 5.41) is 0. The monoisotopic (exact) mass is 617 g/mol. The van der Waals surface area contributed by atoms with Gasteiger partial charge in [-0.1, -0.05) is 91.5 Å². The zero-order valence-corrected chi connectivity index (χ0v) is 31.8. The van der Waals surface area contributed by atoms with E-state index in [1.807, 2.05) is 0 Å². The van der Waals surface area contributed by atoms with Crippen molar-refractivity contribution in [2.75, 3.05) is 52.9 Å². The van der Waals surface area contributed by atoms with Gasteiger partial charge < -0.3 is 22.8 Å². The van der Waals surface area contributed by atoms with Crippen LogP contribution in [0, 0.1) is 24.7 Å². The second-order valence-corrected chi connectivity index (χ2v) is 22.8. The zero-order chi connectivity index (χ0) is 31.1. The van der Waals surface area contributed by atoms with E-state index in [-0.39, 0.29) is 29.7 Å². The Morgan fingerprint density at radius 1 is 0.674 bits per heavy atom. The van der Waals surface area contributed by atoms with E-state index in [0.29, 0.717) is 0 Å². The first kappa shape index (κ1) is 38.0. The Hall–Kier alpha value is -1.21. The van der Waals surface area contributed by atoms with Gasteiger partial charge in [0.2, 0.25) is 0 Å². The second-order valence-electron chi connectivity index (χ2n) is 15.5. The second kappa shape index (κ2) is 16.4. The van der Waals surface area contributed by atoms with Gasteiger partial charge in [0.05, 0.1) is 9.28 Å². The molecular weight excluding hydrogens is 558 g/mol. The maximum Gasteiger partial charge on any atom is 1.00 e. The molecule has 2 aromatic carbocycles. The van der Waals surface area contributed by atoms with Gasteiger partial charge in [0.15, 0.2) is 0 Å². The number of hydrogen-bond donors (Lipinski definition) is 0. The van der Waals surface area contributed by atoms with Crippen LogP contribution in [0.5, 0.6) is 0 Å². The van der Waals surface area contributed by atoms with Crippen LogP contribution < -0.4 is 32.2 Å². The Morgan fingerprint density at radius 3 is 1.33 bits per heavy atom. The van der Waals surface area contributed by atoms with Crippen LogP contribution in [0.3, 0.4) is 0 Å². The van der Waals surface area contributed by atoms with E-state index >= 15 is 0 Å².